The van der Waals surface area contributed by atoms with Gasteiger partial charge in [-0.2, -0.15) is 0 Å². The minimum atomic E-state index is 0.704. The molecule has 0 aromatic carbocycles. The van der Waals surface area contributed by atoms with Crippen LogP contribution in [0, 0.1) is 5.92 Å². The normalized spacial score (nSPS) is 18.1. The van der Waals surface area contributed by atoms with Gasteiger partial charge < -0.3 is 4.74 Å². The first-order valence-electron chi connectivity index (χ1n) is 3.16. The fraction of sp³-hybridized carbons (Fsp3) is 0.714. The van der Waals surface area contributed by atoms with Crippen LogP contribution in [0.4, 0.5) is 0 Å². The molecule has 1 saturated carbocycles. The molecule has 0 amide bonds. The van der Waals surface area contributed by atoms with Gasteiger partial charge in [0.05, 0.1) is 12.4 Å². The second-order valence-electron chi connectivity index (χ2n) is 2.17. The van der Waals surface area contributed by atoms with Crippen molar-refractivity contribution >= 4 is 0 Å². The Morgan fingerprint density at radius 2 is 2.38 bits per heavy atom. The fourth-order valence-electron chi connectivity index (χ4n) is 0.709. The lowest BCUT2D eigenvalue weighted by Gasteiger charge is -2.02. The zero-order valence-electron chi connectivity index (χ0n) is 5.31. The Morgan fingerprint density at radius 1 is 1.75 bits per heavy atom. The second-order valence-corrected chi connectivity index (χ2v) is 2.17. The summed E-state index contributed by atoms with van der Waals surface area (Å²) in [6.45, 7) is 6.55. The van der Waals surface area contributed by atoms with Gasteiger partial charge in [-0.05, 0) is 19.8 Å². The van der Waals surface area contributed by atoms with Gasteiger partial charge >= 0.3 is 0 Å². The SMILES string of the molecule is C=C(OCC)C1CC1. The third kappa shape index (κ3) is 1.25. The van der Waals surface area contributed by atoms with Gasteiger partial charge in [0.2, 0.25) is 0 Å². The summed E-state index contributed by atoms with van der Waals surface area (Å²) in [7, 11) is 0. The van der Waals surface area contributed by atoms with Gasteiger partial charge in [-0.3, -0.25) is 0 Å². The monoisotopic (exact) mass is 112 g/mol. The molecule has 1 heteroatoms. The Bertz CT molecular complexity index is 92.6. The van der Waals surface area contributed by atoms with Gasteiger partial charge in [-0.25, -0.2) is 0 Å². The predicted molar refractivity (Wildman–Crippen MR) is 33.5 cm³/mol. The van der Waals surface area contributed by atoms with Crippen molar-refractivity contribution in [3.8, 4) is 0 Å². The molecule has 1 fully saturated rings. The smallest absolute Gasteiger partial charge is 0.0918 e. The molecule has 1 nitrogen and oxygen atoms in total. The average Bonchev–Trinajstić information content (AvgIpc) is 2.45. The van der Waals surface area contributed by atoms with Crippen molar-refractivity contribution in [1.82, 2.24) is 0 Å². The first-order chi connectivity index (χ1) is 3.84. The molecule has 0 unspecified atom stereocenters. The Labute approximate surface area is 50.3 Å². The van der Waals surface area contributed by atoms with Gasteiger partial charge in [-0.15, -0.1) is 0 Å². The first-order valence-corrected chi connectivity index (χ1v) is 3.16. The van der Waals surface area contributed by atoms with Crippen molar-refractivity contribution in [1.29, 1.82) is 0 Å². The summed E-state index contributed by atoms with van der Waals surface area (Å²) >= 11 is 0. The van der Waals surface area contributed by atoms with Crippen molar-refractivity contribution in [2.45, 2.75) is 19.8 Å². The molecule has 0 aromatic rings. The highest BCUT2D eigenvalue weighted by atomic mass is 16.5. The van der Waals surface area contributed by atoms with E-state index < -0.39 is 0 Å². The molecular formula is C7H12O. The van der Waals surface area contributed by atoms with E-state index in [4.69, 9.17) is 4.74 Å². The highest BCUT2D eigenvalue weighted by Gasteiger charge is 2.25. The van der Waals surface area contributed by atoms with Crippen molar-refractivity contribution < 1.29 is 4.74 Å². The molecule has 8 heavy (non-hydrogen) atoms. The van der Waals surface area contributed by atoms with Gasteiger partial charge in [0, 0.05) is 5.92 Å². The number of ether oxygens (including phenoxy) is 1. The van der Waals surface area contributed by atoms with Crippen LogP contribution in [-0.4, -0.2) is 6.61 Å². The quantitative estimate of drug-likeness (QED) is 0.507. The Hall–Kier alpha value is -0.460. The topological polar surface area (TPSA) is 9.23 Å². The zero-order valence-corrected chi connectivity index (χ0v) is 5.31. The van der Waals surface area contributed by atoms with Gasteiger partial charge in [-0.1, -0.05) is 6.58 Å². The third-order valence-corrected chi connectivity index (χ3v) is 1.36. The molecule has 0 aliphatic heterocycles. The van der Waals surface area contributed by atoms with Gasteiger partial charge in [0.25, 0.3) is 0 Å². The molecular weight excluding hydrogens is 100 g/mol. The van der Waals surface area contributed by atoms with Gasteiger partial charge in [0.1, 0.15) is 0 Å². The molecule has 1 aliphatic rings. The zero-order chi connectivity index (χ0) is 5.98. The van der Waals surface area contributed by atoms with E-state index in [0.717, 1.165) is 12.4 Å². The van der Waals surface area contributed by atoms with Crippen molar-refractivity contribution in [2.75, 3.05) is 6.61 Å². The van der Waals surface area contributed by atoms with Crippen LogP contribution in [-0.2, 0) is 4.74 Å². The number of allylic oxidation sites excluding steroid dienone is 1. The minimum absolute atomic E-state index is 0.704. The molecule has 0 aromatic heterocycles. The van der Waals surface area contributed by atoms with E-state index in [-0.39, 0.29) is 0 Å². The number of hydrogen-bond acceptors (Lipinski definition) is 1. The average molecular weight is 112 g/mol. The van der Waals surface area contributed by atoms with E-state index >= 15 is 0 Å². The maximum Gasteiger partial charge on any atom is 0.0918 e. The third-order valence-electron chi connectivity index (χ3n) is 1.36. The molecule has 0 bridgehead atoms. The minimum Gasteiger partial charge on any atom is -0.499 e. The largest absolute Gasteiger partial charge is 0.499 e. The molecule has 0 atom stereocenters. The van der Waals surface area contributed by atoms with Crippen molar-refractivity contribution in [3.63, 3.8) is 0 Å². The molecule has 0 heterocycles. The Morgan fingerprint density at radius 3 is 2.75 bits per heavy atom. The molecule has 1 rings (SSSR count). The van der Waals surface area contributed by atoms with Crippen LogP contribution in [0.25, 0.3) is 0 Å². The van der Waals surface area contributed by atoms with Crippen LogP contribution in [0.3, 0.4) is 0 Å². The van der Waals surface area contributed by atoms with Crippen LogP contribution in [0.1, 0.15) is 19.8 Å². The standard InChI is InChI=1S/C7H12O/c1-3-8-6(2)7-4-5-7/h7H,2-5H2,1H3. The first kappa shape index (κ1) is 5.67. The van der Waals surface area contributed by atoms with Crippen LogP contribution in [0.2, 0.25) is 0 Å². The molecule has 1 aliphatic carbocycles. The second kappa shape index (κ2) is 2.21. The number of rotatable bonds is 3. The van der Waals surface area contributed by atoms with E-state index in [1.54, 1.807) is 0 Å². The summed E-state index contributed by atoms with van der Waals surface area (Å²) in [6, 6.07) is 0. The molecule has 0 saturated heterocycles. The summed E-state index contributed by atoms with van der Waals surface area (Å²) in [5.41, 5.74) is 0. The summed E-state index contributed by atoms with van der Waals surface area (Å²) in [5.74, 6) is 1.70. The summed E-state index contributed by atoms with van der Waals surface area (Å²) in [6.07, 6.45) is 2.58. The van der Waals surface area contributed by atoms with Crippen molar-refractivity contribution in [2.24, 2.45) is 5.92 Å². The molecule has 0 radical (unpaired) electrons. The lowest BCUT2D eigenvalue weighted by Crippen LogP contribution is -1.90. The van der Waals surface area contributed by atoms with Crippen LogP contribution in [0.15, 0.2) is 12.3 Å². The van der Waals surface area contributed by atoms with Crippen LogP contribution in [0.5, 0.6) is 0 Å². The van der Waals surface area contributed by atoms with E-state index in [0.29, 0.717) is 5.92 Å². The Kier molecular flexibility index (Phi) is 1.56. The maximum absolute atomic E-state index is 5.17. The summed E-state index contributed by atoms with van der Waals surface area (Å²) in [5, 5.41) is 0. The Balaban J connectivity index is 2.13. The highest BCUT2D eigenvalue weighted by Crippen LogP contribution is 2.35. The predicted octanol–water partition coefficient (Wildman–Crippen LogP) is 1.95. The maximum atomic E-state index is 5.17. The van der Waals surface area contributed by atoms with Gasteiger partial charge in [0.15, 0.2) is 0 Å². The molecule has 0 N–H and O–H groups in total. The van der Waals surface area contributed by atoms with E-state index in [2.05, 4.69) is 6.58 Å². The summed E-state index contributed by atoms with van der Waals surface area (Å²) < 4.78 is 5.17. The van der Waals surface area contributed by atoms with E-state index in [1.807, 2.05) is 6.92 Å². The van der Waals surface area contributed by atoms with Crippen LogP contribution >= 0.6 is 0 Å². The molecule has 46 valence electrons. The number of hydrogen-bond donors (Lipinski definition) is 0. The highest BCUT2D eigenvalue weighted by molar-refractivity contribution is 4.99. The van der Waals surface area contributed by atoms with E-state index in [9.17, 15) is 0 Å². The molecule has 0 spiro atoms. The van der Waals surface area contributed by atoms with Crippen LogP contribution < -0.4 is 0 Å². The fourth-order valence-corrected chi connectivity index (χ4v) is 0.709. The van der Waals surface area contributed by atoms with Crippen molar-refractivity contribution in [3.05, 3.63) is 12.3 Å². The lowest BCUT2D eigenvalue weighted by atomic mass is 10.4. The van der Waals surface area contributed by atoms with E-state index in [1.165, 1.54) is 12.8 Å². The summed E-state index contributed by atoms with van der Waals surface area (Å²) in [4.78, 5) is 0. The lowest BCUT2D eigenvalue weighted by molar-refractivity contribution is 0.214.